The second-order valence-electron chi connectivity index (χ2n) is 7.04. The molecule has 0 radical (unpaired) electrons. The lowest BCUT2D eigenvalue weighted by molar-refractivity contribution is -0.384. The van der Waals surface area contributed by atoms with Gasteiger partial charge in [-0.1, -0.05) is 0 Å². The lowest BCUT2D eigenvalue weighted by Gasteiger charge is -2.37. The van der Waals surface area contributed by atoms with Gasteiger partial charge in [0.15, 0.2) is 5.82 Å². The van der Waals surface area contributed by atoms with Crippen LogP contribution in [-0.2, 0) is 22.5 Å². The van der Waals surface area contributed by atoms with Gasteiger partial charge in [-0.3, -0.25) is 14.9 Å². The first kappa shape index (κ1) is 18.3. The molecule has 1 aromatic carbocycles. The summed E-state index contributed by atoms with van der Waals surface area (Å²) in [6, 6.07) is 6.40. The molecule has 1 amide bonds. The zero-order chi connectivity index (χ0) is 19.7. The molecule has 0 N–H and O–H groups in total. The number of amides is 1. The molecule has 4 rings (SSSR count). The van der Waals surface area contributed by atoms with Gasteiger partial charge < -0.3 is 14.5 Å². The zero-order valence-corrected chi connectivity index (χ0v) is 15.6. The number of aromatic nitrogens is 2. The molecule has 2 aromatic rings. The average Bonchev–Trinajstić information content (AvgIpc) is 2.73. The molecule has 2 aliphatic rings. The summed E-state index contributed by atoms with van der Waals surface area (Å²) in [6.45, 7) is 5.18. The fraction of sp³-hybridized carbons (Fsp3) is 0.421. The number of carbonyl (C=O) groups excluding carboxylic acids is 1. The van der Waals surface area contributed by atoms with Crippen LogP contribution in [0, 0.1) is 10.1 Å². The summed E-state index contributed by atoms with van der Waals surface area (Å²) < 4.78 is 5.56. The number of carbonyl (C=O) groups is 1. The highest BCUT2D eigenvalue weighted by molar-refractivity contribution is 5.63. The van der Waals surface area contributed by atoms with E-state index >= 15 is 0 Å². The summed E-state index contributed by atoms with van der Waals surface area (Å²) in [4.78, 5) is 35.2. The Kier molecular flexibility index (Phi) is 4.91. The lowest BCUT2D eigenvalue weighted by Crippen LogP contribution is -2.45. The largest absolute Gasteiger partial charge is 0.377 e. The van der Waals surface area contributed by atoms with Crippen molar-refractivity contribution in [3.63, 3.8) is 0 Å². The number of hydrogen-bond donors (Lipinski definition) is 0. The smallest absolute Gasteiger partial charge is 0.269 e. The molecule has 146 valence electrons. The van der Waals surface area contributed by atoms with Gasteiger partial charge in [-0.2, -0.15) is 0 Å². The summed E-state index contributed by atoms with van der Waals surface area (Å²) in [6.07, 6.45) is 1.54. The molecule has 1 saturated heterocycles. The number of nitro groups is 1. The molecule has 1 unspecified atom stereocenters. The Balaban J connectivity index is 1.79. The summed E-state index contributed by atoms with van der Waals surface area (Å²) in [5, 5.41) is 10.9. The first-order valence-electron chi connectivity index (χ1n) is 9.25. The van der Waals surface area contributed by atoms with Crippen LogP contribution in [0.4, 0.5) is 11.5 Å². The number of nitro benzene ring substituents is 1. The number of fused-ring (bicyclic) bond motifs is 1. The fourth-order valence-corrected chi connectivity index (χ4v) is 3.66. The quantitative estimate of drug-likeness (QED) is 0.451. The van der Waals surface area contributed by atoms with E-state index in [0.29, 0.717) is 44.1 Å². The molecule has 0 spiro atoms. The average molecular weight is 383 g/mol. The molecule has 9 heteroatoms. The molecule has 1 aromatic heterocycles. The van der Waals surface area contributed by atoms with Gasteiger partial charge in [0, 0.05) is 36.3 Å². The predicted molar refractivity (Wildman–Crippen MR) is 102 cm³/mol. The van der Waals surface area contributed by atoms with Gasteiger partial charge in [-0.05, 0) is 25.5 Å². The number of non-ortho nitro benzene ring substituents is 1. The Morgan fingerprint density at radius 2 is 2.04 bits per heavy atom. The minimum Gasteiger partial charge on any atom is -0.377 e. The molecule has 0 bridgehead atoms. The molecule has 28 heavy (non-hydrogen) atoms. The van der Waals surface area contributed by atoms with E-state index in [-0.39, 0.29) is 11.7 Å². The van der Waals surface area contributed by atoms with Crippen LogP contribution < -0.4 is 4.90 Å². The van der Waals surface area contributed by atoms with Gasteiger partial charge in [-0.25, -0.2) is 9.97 Å². The van der Waals surface area contributed by atoms with Crippen LogP contribution >= 0.6 is 0 Å². The summed E-state index contributed by atoms with van der Waals surface area (Å²) >= 11 is 0. The molecule has 9 nitrogen and oxygen atoms in total. The van der Waals surface area contributed by atoms with Gasteiger partial charge in [0.2, 0.25) is 6.41 Å². The van der Waals surface area contributed by atoms with Crippen molar-refractivity contribution in [2.45, 2.75) is 25.9 Å². The van der Waals surface area contributed by atoms with Crippen molar-refractivity contribution in [3.8, 4) is 11.4 Å². The van der Waals surface area contributed by atoms with E-state index in [1.54, 1.807) is 17.0 Å². The van der Waals surface area contributed by atoms with Gasteiger partial charge in [0.05, 0.1) is 36.4 Å². The van der Waals surface area contributed by atoms with Crippen LogP contribution in [0.2, 0.25) is 0 Å². The van der Waals surface area contributed by atoms with E-state index in [0.717, 1.165) is 30.0 Å². The topological polar surface area (TPSA) is 102 Å². The number of anilines is 1. The van der Waals surface area contributed by atoms with Crippen LogP contribution in [0.1, 0.15) is 18.2 Å². The molecule has 3 heterocycles. The summed E-state index contributed by atoms with van der Waals surface area (Å²) in [7, 11) is 0. The van der Waals surface area contributed by atoms with Crippen molar-refractivity contribution in [1.29, 1.82) is 0 Å². The summed E-state index contributed by atoms with van der Waals surface area (Å²) in [5.74, 6) is 1.38. The second kappa shape index (κ2) is 7.51. The fourth-order valence-electron chi connectivity index (χ4n) is 3.66. The lowest BCUT2D eigenvalue weighted by atomic mass is 10.0. The van der Waals surface area contributed by atoms with E-state index in [4.69, 9.17) is 14.7 Å². The first-order chi connectivity index (χ1) is 13.6. The molecule has 1 atom stereocenters. The van der Waals surface area contributed by atoms with Crippen molar-refractivity contribution >= 4 is 17.9 Å². The Morgan fingerprint density at radius 1 is 1.25 bits per heavy atom. The van der Waals surface area contributed by atoms with Crippen LogP contribution in [0.3, 0.4) is 0 Å². The van der Waals surface area contributed by atoms with E-state index in [2.05, 4.69) is 11.8 Å². The van der Waals surface area contributed by atoms with Gasteiger partial charge in [-0.15, -0.1) is 0 Å². The monoisotopic (exact) mass is 383 g/mol. The van der Waals surface area contributed by atoms with E-state index in [9.17, 15) is 14.9 Å². The standard InChI is InChI=1S/C19H21N5O4/c1-13-11-28-9-8-23(13)19-16-6-7-22(12-25)10-17(16)20-18(21-19)14-2-4-15(5-3-14)24(26)27/h2-5,12-13H,6-11H2,1H3. The highest BCUT2D eigenvalue weighted by atomic mass is 16.6. The number of benzene rings is 1. The van der Waals surface area contributed by atoms with Crippen LogP contribution in [-0.4, -0.2) is 58.5 Å². The van der Waals surface area contributed by atoms with Crippen molar-refractivity contribution in [1.82, 2.24) is 14.9 Å². The maximum absolute atomic E-state index is 11.3. The summed E-state index contributed by atoms with van der Waals surface area (Å²) in [5.41, 5.74) is 2.63. The number of rotatable bonds is 4. The number of morpholine rings is 1. The SMILES string of the molecule is CC1COCCN1c1nc(-c2ccc([N+](=O)[O-])cc2)nc2c1CCN(C=O)C2. The Labute approximate surface area is 162 Å². The number of ether oxygens (including phenoxy) is 1. The molecular formula is C19H21N5O4. The number of hydrogen-bond acceptors (Lipinski definition) is 7. The molecular weight excluding hydrogens is 362 g/mol. The Hall–Kier alpha value is -3.07. The maximum atomic E-state index is 11.3. The molecule has 0 saturated carbocycles. The van der Waals surface area contributed by atoms with Crippen molar-refractivity contribution < 1.29 is 14.5 Å². The highest BCUT2D eigenvalue weighted by Gasteiger charge is 2.28. The zero-order valence-electron chi connectivity index (χ0n) is 15.6. The third-order valence-corrected chi connectivity index (χ3v) is 5.20. The van der Waals surface area contributed by atoms with Crippen LogP contribution in [0.25, 0.3) is 11.4 Å². The normalized spacial score (nSPS) is 19.2. The van der Waals surface area contributed by atoms with Crippen molar-refractivity contribution in [2.75, 3.05) is 31.2 Å². The number of nitrogens with zero attached hydrogens (tertiary/aromatic N) is 5. The third kappa shape index (κ3) is 3.40. The minimum absolute atomic E-state index is 0.0239. The second-order valence-corrected chi connectivity index (χ2v) is 7.04. The molecule has 0 aliphatic carbocycles. The predicted octanol–water partition coefficient (Wildman–Crippen LogP) is 1.79. The highest BCUT2D eigenvalue weighted by Crippen LogP contribution is 2.31. The molecule has 1 fully saturated rings. The van der Waals surface area contributed by atoms with E-state index in [1.807, 2.05) is 0 Å². The molecule has 2 aliphatic heterocycles. The van der Waals surface area contributed by atoms with E-state index in [1.165, 1.54) is 12.1 Å². The van der Waals surface area contributed by atoms with Crippen LogP contribution in [0.5, 0.6) is 0 Å². The first-order valence-corrected chi connectivity index (χ1v) is 9.25. The van der Waals surface area contributed by atoms with Gasteiger partial charge in [0.25, 0.3) is 5.69 Å². The Bertz CT molecular complexity index is 902. The van der Waals surface area contributed by atoms with Crippen LogP contribution in [0.15, 0.2) is 24.3 Å². The van der Waals surface area contributed by atoms with Crippen molar-refractivity contribution in [3.05, 3.63) is 45.6 Å². The van der Waals surface area contributed by atoms with Gasteiger partial charge in [0.1, 0.15) is 5.82 Å². The third-order valence-electron chi connectivity index (χ3n) is 5.20. The Morgan fingerprint density at radius 3 is 2.71 bits per heavy atom. The van der Waals surface area contributed by atoms with E-state index < -0.39 is 4.92 Å². The maximum Gasteiger partial charge on any atom is 0.269 e. The van der Waals surface area contributed by atoms with Gasteiger partial charge >= 0.3 is 0 Å². The van der Waals surface area contributed by atoms with Crippen molar-refractivity contribution in [2.24, 2.45) is 0 Å². The minimum atomic E-state index is -0.430.